The summed E-state index contributed by atoms with van der Waals surface area (Å²) < 4.78 is 75.1. The normalized spacial score (nSPS) is 13.0. The lowest BCUT2D eigenvalue weighted by Crippen LogP contribution is -2.41. The van der Waals surface area contributed by atoms with Crippen LogP contribution >= 0.6 is 0 Å². The largest absolute Gasteiger partial charge is 0.326 e. The molecule has 0 heterocycles. The summed E-state index contributed by atoms with van der Waals surface area (Å²) in [5.41, 5.74) is 7.06. The van der Waals surface area contributed by atoms with Gasteiger partial charge in [0, 0.05) is 6.54 Å². The standard InChI is InChI=1S/C12H16F4N2O2S/c1-7-3-8(2)10(4-9(7)5-17)21(19,20)18-6-12(15,16)11(13)14/h3-4,11,18H,5-6,17H2,1-2H3. The smallest absolute Gasteiger partial charge is 0.320 e. The predicted molar refractivity (Wildman–Crippen MR) is 69.9 cm³/mol. The molecule has 120 valence electrons. The van der Waals surface area contributed by atoms with Crippen molar-refractivity contribution in [1.82, 2.24) is 4.72 Å². The second kappa shape index (κ2) is 6.29. The van der Waals surface area contributed by atoms with Gasteiger partial charge >= 0.3 is 12.3 Å². The highest BCUT2D eigenvalue weighted by atomic mass is 32.2. The molecular formula is C12H16F4N2O2S. The number of nitrogens with two attached hydrogens (primary N) is 1. The van der Waals surface area contributed by atoms with Crippen molar-refractivity contribution in [3.05, 3.63) is 28.8 Å². The van der Waals surface area contributed by atoms with E-state index in [-0.39, 0.29) is 11.4 Å². The first kappa shape index (κ1) is 17.9. The Labute approximate surface area is 120 Å². The van der Waals surface area contributed by atoms with Gasteiger partial charge in [0.15, 0.2) is 0 Å². The van der Waals surface area contributed by atoms with Crippen molar-refractivity contribution in [2.24, 2.45) is 5.73 Å². The highest BCUT2D eigenvalue weighted by Crippen LogP contribution is 2.24. The van der Waals surface area contributed by atoms with E-state index < -0.39 is 28.9 Å². The van der Waals surface area contributed by atoms with Gasteiger partial charge in [-0.25, -0.2) is 21.9 Å². The zero-order valence-corrected chi connectivity index (χ0v) is 12.3. The molecule has 0 saturated heterocycles. The van der Waals surface area contributed by atoms with Crippen molar-refractivity contribution in [1.29, 1.82) is 0 Å². The summed E-state index contributed by atoms with van der Waals surface area (Å²) in [5, 5.41) is 0. The van der Waals surface area contributed by atoms with Crippen LogP contribution in [0.2, 0.25) is 0 Å². The Morgan fingerprint density at radius 3 is 2.29 bits per heavy atom. The third kappa shape index (κ3) is 4.14. The number of alkyl halides is 4. The predicted octanol–water partition coefficient (Wildman–Crippen LogP) is 1.94. The average molecular weight is 328 g/mol. The van der Waals surface area contributed by atoms with Gasteiger partial charge in [-0.05, 0) is 36.6 Å². The Bertz CT molecular complexity index is 618. The fourth-order valence-corrected chi connectivity index (χ4v) is 3.05. The molecule has 0 radical (unpaired) electrons. The van der Waals surface area contributed by atoms with Crippen LogP contribution in [0.15, 0.2) is 17.0 Å². The maximum absolute atomic E-state index is 12.8. The number of rotatable bonds is 6. The minimum Gasteiger partial charge on any atom is -0.326 e. The SMILES string of the molecule is Cc1cc(C)c(S(=O)(=O)NCC(F)(F)C(F)F)cc1CN. The molecule has 0 unspecified atom stereocenters. The van der Waals surface area contributed by atoms with E-state index in [2.05, 4.69) is 0 Å². The Morgan fingerprint density at radius 2 is 1.81 bits per heavy atom. The van der Waals surface area contributed by atoms with Gasteiger partial charge in [0.1, 0.15) is 0 Å². The molecule has 0 fully saturated rings. The third-order valence-corrected chi connectivity index (χ3v) is 4.50. The first-order chi connectivity index (χ1) is 9.51. The average Bonchev–Trinajstić information content (AvgIpc) is 2.36. The van der Waals surface area contributed by atoms with Gasteiger partial charge in [0.2, 0.25) is 10.0 Å². The highest BCUT2D eigenvalue weighted by molar-refractivity contribution is 7.89. The Balaban J connectivity index is 3.09. The third-order valence-electron chi connectivity index (χ3n) is 2.96. The Morgan fingerprint density at radius 1 is 1.24 bits per heavy atom. The second-order valence-electron chi connectivity index (χ2n) is 4.63. The fraction of sp³-hybridized carbons (Fsp3) is 0.500. The van der Waals surface area contributed by atoms with Crippen LogP contribution in [0.3, 0.4) is 0 Å². The maximum atomic E-state index is 12.8. The van der Waals surface area contributed by atoms with E-state index in [4.69, 9.17) is 5.73 Å². The Kier molecular flexibility index (Phi) is 5.35. The topological polar surface area (TPSA) is 72.2 Å². The lowest BCUT2D eigenvalue weighted by Gasteiger charge is -2.17. The van der Waals surface area contributed by atoms with E-state index in [9.17, 15) is 26.0 Å². The number of halogens is 4. The molecule has 3 N–H and O–H groups in total. The molecule has 4 nitrogen and oxygen atoms in total. The molecule has 0 saturated carbocycles. The van der Waals surface area contributed by atoms with Crippen LogP contribution in [0.4, 0.5) is 17.6 Å². The van der Waals surface area contributed by atoms with Crippen molar-refractivity contribution in [3.63, 3.8) is 0 Å². The zero-order chi connectivity index (χ0) is 16.4. The van der Waals surface area contributed by atoms with Crippen LogP contribution in [0.1, 0.15) is 16.7 Å². The number of aryl methyl sites for hydroxylation is 2. The van der Waals surface area contributed by atoms with Crippen molar-refractivity contribution in [2.75, 3.05) is 6.54 Å². The van der Waals surface area contributed by atoms with E-state index in [0.29, 0.717) is 11.1 Å². The first-order valence-electron chi connectivity index (χ1n) is 5.97. The number of sulfonamides is 1. The van der Waals surface area contributed by atoms with Gasteiger partial charge in [-0.15, -0.1) is 0 Å². The van der Waals surface area contributed by atoms with Crippen LogP contribution < -0.4 is 10.5 Å². The van der Waals surface area contributed by atoms with Crippen LogP contribution in [-0.2, 0) is 16.6 Å². The molecule has 9 heteroatoms. The number of hydrogen-bond acceptors (Lipinski definition) is 3. The van der Waals surface area contributed by atoms with E-state index in [1.807, 2.05) is 0 Å². The molecule has 0 aliphatic rings. The van der Waals surface area contributed by atoms with E-state index in [1.165, 1.54) is 17.7 Å². The van der Waals surface area contributed by atoms with Gasteiger partial charge in [-0.2, -0.15) is 8.78 Å². The zero-order valence-electron chi connectivity index (χ0n) is 11.5. The quantitative estimate of drug-likeness (QED) is 0.784. The monoisotopic (exact) mass is 328 g/mol. The van der Waals surface area contributed by atoms with Gasteiger partial charge in [0.05, 0.1) is 11.4 Å². The second-order valence-corrected chi connectivity index (χ2v) is 6.37. The van der Waals surface area contributed by atoms with Crippen LogP contribution in [-0.4, -0.2) is 27.3 Å². The molecule has 21 heavy (non-hydrogen) atoms. The summed E-state index contributed by atoms with van der Waals surface area (Å²) >= 11 is 0. The summed E-state index contributed by atoms with van der Waals surface area (Å²) in [6.45, 7) is 1.61. The molecule has 1 aromatic carbocycles. The summed E-state index contributed by atoms with van der Waals surface area (Å²) in [6, 6.07) is 2.80. The lowest BCUT2D eigenvalue weighted by atomic mass is 10.1. The maximum Gasteiger partial charge on any atom is 0.320 e. The van der Waals surface area contributed by atoms with Crippen molar-refractivity contribution in [3.8, 4) is 0 Å². The van der Waals surface area contributed by atoms with Crippen LogP contribution in [0.25, 0.3) is 0 Å². The highest BCUT2D eigenvalue weighted by Gasteiger charge is 2.41. The summed E-state index contributed by atoms with van der Waals surface area (Å²) in [5.74, 6) is -4.43. The molecule has 0 aromatic heterocycles. The van der Waals surface area contributed by atoms with E-state index >= 15 is 0 Å². The van der Waals surface area contributed by atoms with Gasteiger partial charge in [-0.3, -0.25) is 0 Å². The summed E-state index contributed by atoms with van der Waals surface area (Å²) in [6.07, 6.45) is -3.95. The van der Waals surface area contributed by atoms with Crippen LogP contribution in [0, 0.1) is 13.8 Å². The molecule has 0 aliphatic carbocycles. The molecule has 0 spiro atoms. The molecule has 0 bridgehead atoms. The molecular weight excluding hydrogens is 312 g/mol. The fourth-order valence-electron chi connectivity index (χ4n) is 1.73. The number of nitrogens with one attached hydrogen (secondary N) is 1. The lowest BCUT2D eigenvalue weighted by molar-refractivity contribution is -0.122. The van der Waals surface area contributed by atoms with E-state index in [0.717, 1.165) is 5.56 Å². The minimum absolute atomic E-state index is 0.0713. The van der Waals surface area contributed by atoms with Gasteiger partial charge in [0.25, 0.3) is 0 Å². The molecule has 1 rings (SSSR count). The van der Waals surface area contributed by atoms with Gasteiger partial charge in [-0.1, -0.05) is 6.07 Å². The van der Waals surface area contributed by atoms with Crippen molar-refractivity contribution >= 4 is 10.0 Å². The Hall–Kier alpha value is -1.19. The van der Waals surface area contributed by atoms with Gasteiger partial charge < -0.3 is 5.73 Å². The first-order valence-corrected chi connectivity index (χ1v) is 7.45. The number of benzene rings is 1. The summed E-state index contributed by atoms with van der Waals surface area (Å²) in [4.78, 5) is -0.251. The molecule has 0 amide bonds. The summed E-state index contributed by atoms with van der Waals surface area (Å²) in [7, 11) is -4.33. The van der Waals surface area contributed by atoms with E-state index in [1.54, 1.807) is 13.0 Å². The minimum atomic E-state index is -4.43. The van der Waals surface area contributed by atoms with Crippen molar-refractivity contribution < 1.29 is 26.0 Å². The molecule has 1 aromatic rings. The molecule has 0 atom stereocenters. The van der Waals surface area contributed by atoms with Crippen LogP contribution in [0.5, 0.6) is 0 Å². The van der Waals surface area contributed by atoms with Crippen molar-refractivity contribution in [2.45, 2.75) is 37.6 Å². The molecule has 0 aliphatic heterocycles. The number of hydrogen-bond donors (Lipinski definition) is 2.